The molecular formula is C33H23B2F4N7O. The zero-order valence-electron chi connectivity index (χ0n) is 24.8. The molecule has 0 radical (unpaired) electrons. The van der Waals surface area contributed by atoms with E-state index >= 15 is 0 Å². The van der Waals surface area contributed by atoms with Crippen molar-refractivity contribution in [1.82, 2.24) is 24.0 Å². The van der Waals surface area contributed by atoms with Crippen molar-refractivity contribution in [3.8, 4) is 17.0 Å². The Hall–Kier alpha value is -5.91. The number of aliphatic imine (C=N–C) groups is 2. The van der Waals surface area contributed by atoms with Crippen molar-refractivity contribution in [1.29, 1.82) is 0 Å². The molecule has 0 saturated carbocycles. The number of hydrogen-bond acceptors (Lipinski definition) is 5. The second kappa shape index (κ2) is 12.5. The first-order valence-electron chi connectivity index (χ1n) is 14.5. The average Bonchev–Trinajstić information content (AvgIpc) is 3.92. The Labute approximate surface area is 267 Å². The molecule has 0 bridgehead atoms. The monoisotopic (exact) mass is 631 g/mol. The number of aromatic nitrogens is 5. The standard InChI is InChI=1S/C33H23B2F4N7O/c1-47-25-14-12-24(13-15-25)33(30-7-4-20-45(30)35(38)39)27-16-17-31(41-27)46-21-28(42-43-46)22-8-10-23(11-9-22)32(26-5-2-18-40-26)29-6-3-19-44(29)34(36)37/h2-21H,1H3/b32-26+,33-27-. The number of ether oxygens (including phenoxy) is 1. The van der Waals surface area contributed by atoms with Gasteiger partial charge < -0.3 is 13.7 Å². The Bertz CT molecular complexity index is 2120. The normalized spacial score (nSPS) is 15.7. The Kier molecular flexibility index (Phi) is 7.90. The van der Waals surface area contributed by atoms with Crippen LogP contribution in [0.5, 0.6) is 5.75 Å². The minimum absolute atomic E-state index is 0.308. The number of allylic oxidation sites excluding steroid dienone is 4. The van der Waals surface area contributed by atoms with Gasteiger partial charge in [-0.3, -0.25) is 22.3 Å². The molecule has 8 nitrogen and oxygen atoms in total. The molecule has 2 aliphatic heterocycles. The number of benzene rings is 2. The van der Waals surface area contributed by atoms with Crippen molar-refractivity contribution in [3.63, 3.8) is 0 Å². The smallest absolute Gasteiger partial charge is 0.497 e. The van der Waals surface area contributed by atoms with E-state index in [0.29, 0.717) is 62.3 Å². The predicted octanol–water partition coefficient (Wildman–Crippen LogP) is 6.78. The lowest BCUT2D eigenvalue weighted by atomic mass is 9.97. The van der Waals surface area contributed by atoms with Crippen molar-refractivity contribution in [2.24, 2.45) is 9.98 Å². The summed E-state index contributed by atoms with van der Waals surface area (Å²) in [6.07, 6.45) is 13.0. The number of rotatable bonds is 8. The van der Waals surface area contributed by atoms with Gasteiger partial charge in [0.25, 0.3) is 0 Å². The molecule has 0 unspecified atom stereocenters. The van der Waals surface area contributed by atoms with E-state index < -0.39 is 14.8 Å². The van der Waals surface area contributed by atoms with Gasteiger partial charge in [0.15, 0.2) is 5.84 Å². The number of methoxy groups -OCH3 is 1. The van der Waals surface area contributed by atoms with Gasteiger partial charge in [0, 0.05) is 34.3 Å². The first kappa shape index (κ1) is 29.8. The summed E-state index contributed by atoms with van der Waals surface area (Å²) in [6, 6.07) is 20.8. The molecule has 0 amide bonds. The third kappa shape index (κ3) is 5.69. The summed E-state index contributed by atoms with van der Waals surface area (Å²) < 4.78 is 63.9. The lowest BCUT2D eigenvalue weighted by Gasteiger charge is -2.13. The molecule has 5 heterocycles. The van der Waals surface area contributed by atoms with Gasteiger partial charge in [-0.05, 0) is 84.2 Å². The van der Waals surface area contributed by atoms with Crippen LogP contribution in [0.3, 0.4) is 0 Å². The fourth-order valence-corrected chi connectivity index (χ4v) is 5.55. The fourth-order valence-electron chi connectivity index (χ4n) is 5.55. The lowest BCUT2D eigenvalue weighted by molar-refractivity contribution is 0.415. The molecule has 3 aromatic heterocycles. The summed E-state index contributed by atoms with van der Waals surface area (Å²) in [5, 5.41) is 8.58. The van der Waals surface area contributed by atoms with Crippen LogP contribution in [-0.2, 0) is 0 Å². The first-order chi connectivity index (χ1) is 22.9. The van der Waals surface area contributed by atoms with Crippen LogP contribution in [0.2, 0.25) is 0 Å². The SMILES string of the molecule is COc1ccc(/C(=C2\C=CC(n3cc(-c4ccc(/C(=C5/C=CC=N5)c5cccn5B(F)F)cc4)nn3)=N2)c2cccn2B(F)F)cc1. The van der Waals surface area contributed by atoms with Gasteiger partial charge in [-0.25, -0.2) is 9.67 Å². The minimum Gasteiger partial charge on any atom is -0.497 e. The number of halogens is 4. The van der Waals surface area contributed by atoms with Gasteiger partial charge in [-0.15, -0.1) is 5.10 Å². The van der Waals surface area contributed by atoms with Gasteiger partial charge in [0.1, 0.15) is 11.4 Å². The minimum atomic E-state index is -2.74. The molecule has 47 heavy (non-hydrogen) atoms. The Morgan fingerprint density at radius 2 is 1.34 bits per heavy atom. The summed E-state index contributed by atoms with van der Waals surface area (Å²) in [4.78, 5) is 9.10. The van der Waals surface area contributed by atoms with Crippen LogP contribution in [-0.4, -0.2) is 57.9 Å². The molecule has 5 aromatic rings. The maximum atomic E-state index is 13.9. The summed E-state index contributed by atoms with van der Waals surface area (Å²) in [7, 11) is -3.89. The number of nitrogens with zero attached hydrogens (tertiary/aromatic N) is 7. The van der Waals surface area contributed by atoms with Crippen LogP contribution in [0.25, 0.3) is 22.4 Å². The Morgan fingerprint density at radius 3 is 1.91 bits per heavy atom. The van der Waals surface area contributed by atoms with E-state index in [9.17, 15) is 17.3 Å². The molecular weight excluding hydrogens is 608 g/mol. The highest BCUT2D eigenvalue weighted by Crippen LogP contribution is 2.34. The third-order valence-corrected chi connectivity index (χ3v) is 7.76. The molecule has 0 spiro atoms. The quantitative estimate of drug-likeness (QED) is 0.140. The Morgan fingerprint density at radius 1 is 0.723 bits per heavy atom. The molecule has 2 aliphatic rings. The highest BCUT2D eigenvalue weighted by Gasteiger charge is 2.26. The van der Waals surface area contributed by atoms with Crippen molar-refractivity contribution in [2.75, 3.05) is 7.11 Å². The molecule has 7 rings (SSSR count). The van der Waals surface area contributed by atoms with Crippen LogP contribution in [0.4, 0.5) is 17.3 Å². The lowest BCUT2D eigenvalue weighted by Crippen LogP contribution is -2.15. The van der Waals surface area contributed by atoms with Gasteiger partial charge in [-0.1, -0.05) is 41.6 Å². The second-order valence-corrected chi connectivity index (χ2v) is 10.5. The van der Waals surface area contributed by atoms with Crippen molar-refractivity contribution in [2.45, 2.75) is 0 Å². The van der Waals surface area contributed by atoms with Crippen molar-refractivity contribution < 1.29 is 22.0 Å². The largest absolute Gasteiger partial charge is 0.677 e. The predicted molar refractivity (Wildman–Crippen MR) is 176 cm³/mol. The summed E-state index contributed by atoms with van der Waals surface area (Å²) >= 11 is 0. The molecule has 0 fully saturated rings. The summed E-state index contributed by atoms with van der Waals surface area (Å²) in [5.74, 6) is 1.08. The molecule has 230 valence electrons. The molecule has 0 N–H and O–H groups in total. The first-order valence-corrected chi connectivity index (χ1v) is 14.5. The number of hydrogen-bond donors (Lipinski definition) is 0. The van der Waals surface area contributed by atoms with Crippen LogP contribution >= 0.6 is 0 Å². The van der Waals surface area contributed by atoms with E-state index in [1.165, 1.54) is 17.1 Å². The molecule has 0 aliphatic carbocycles. The van der Waals surface area contributed by atoms with E-state index in [-0.39, 0.29) is 0 Å². The van der Waals surface area contributed by atoms with Gasteiger partial charge >= 0.3 is 14.8 Å². The zero-order chi connectivity index (χ0) is 32.5. The fraction of sp³-hybridized carbons (Fsp3) is 0.0303. The van der Waals surface area contributed by atoms with Gasteiger partial charge in [0.05, 0.1) is 24.7 Å². The van der Waals surface area contributed by atoms with E-state index in [4.69, 9.17) is 9.73 Å². The molecule has 14 heteroatoms. The van der Waals surface area contributed by atoms with E-state index in [1.807, 2.05) is 24.3 Å². The maximum Gasteiger partial charge on any atom is 0.677 e. The van der Waals surface area contributed by atoms with E-state index in [2.05, 4.69) is 15.3 Å². The van der Waals surface area contributed by atoms with Crippen LogP contribution in [0.15, 0.2) is 137 Å². The summed E-state index contributed by atoms with van der Waals surface area (Å²) in [6.45, 7) is 0. The van der Waals surface area contributed by atoms with E-state index in [1.54, 1.807) is 92.4 Å². The summed E-state index contributed by atoms with van der Waals surface area (Å²) in [5.41, 5.74) is 5.49. The van der Waals surface area contributed by atoms with Crippen LogP contribution in [0.1, 0.15) is 22.5 Å². The van der Waals surface area contributed by atoms with Gasteiger partial charge in [0.2, 0.25) is 0 Å². The van der Waals surface area contributed by atoms with Crippen LogP contribution < -0.4 is 4.74 Å². The van der Waals surface area contributed by atoms with E-state index in [0.717, 1.165) is 14.5 Å². The molecule has 0 saturated heterocycles. The zero-order valence-corrected chi connectivity index (χ0v) is 24.8. The highest BCUT2D eigenvalue weighted by atomic mass is 19.2. The topological polar surface area (TPSA) is 74.5 Å². The average molecular weight is 631 g/mol. The van der Waals surface area contributed by atoms with Crippen molar-refractivity contribution >= 4 is 38.0 Å². The maximum absolute atomic E-state index is 13.9. The van der Waals surface area contributed by atoms with Gasteiger partial charge in [-0.2, -0.15) is 0 Å². The third-order valence-electron chi connectivity index (χ3n) is 7.76. The molecule has 2 aromatic carbocycles. The highest BCUT2D eigenvalue weighted by molar-refractivity contribution is 6.41. The van der Waals surface area contributed by atoms with Crippen LogP contribution in [0, 0.1) is 0 Å². The van der Waals surface area contributed by atoms with Crippen molar-refractivity contribution in [3.05, 3.63) is 150 Å². The second-order valence-electron chi connectivity index (χ2n) is 10.5. The molecule has 0 atom stereocenters. The Balaban J connectivity index is 1.21.